The Kier molecular flexibility index (Phi) is 5.72. The third-order valence-corrected chi connectivity index (χ3v) is 5.00. The monoisotopic (exact) mass is 412 g/mol. The van der Waals surface area contributed by atoms with Gasteiger partial charge in [0.05, 0.1) is 5.56 Å². The Hall–Kier alpha value is -4.05. The highest BCUT2D eigenvalue weighted by Crippen LogP contribution is 2.25. The molecule has 4 rings (SSSR count). The van der Waals surface area contributed by atoms with Gasteiger partial charge in [0.25, 0.3) is 0 Å². The fraction of sp³-hybridized carbons (Fsp3) is 0. The van der Waals surface area contributed by atoms with Crippen LogP contribution >= 0.6 is 0 Å². The van der Waals surface area contributed by atoms with E-state index in [0.29, 0.717) is 5.56 Å². The van der Waals surface area contributed by atoms with Gasteiger partial charge in [0.2, 0.25) is 0 Å². The van der Waals surface area contributed by atoms with Gasteiger partial charge in [0.1, 0.15) is 11.6 Å². The van der Waals surface area contributed by atoms with E-state index in [2.05, 4.69) is 0 Å². The van der Waals surface area contributed by atoms with Crippen molar-refractivity contribution in [3.63, 3.8) is 0 Å². The summed E-state index contributed by atoms with van der Waals surface area (Å²) in [6.07, 6.45) is 3.59. The largest absolute Gasteiger partial charge is 0.478 e. The first kappa shape index (κ1) is 20.2. The number of benzene rings is 4. The number of hydrogen-bond acceptors (Lipinski definition) is 1. The minimum Gasteiger partial charge on any atom is -0.478 e. The van der Waals surface area contributed by atoms with Crippen LogP contribution in [-0.2, 0) is 0 Å². The Morgan fingerprint density at radius 2 is 1.06 bits per heavy atom. The highest BCUT2D eigenvalue weighted by atomic mass is 19.1. The number of carboxylic acids is 1. The summed E-state index contributed by atoms with van der Waals surface area (Å²) in [5, 5.41) is 9.53. The molecule has 4 aromatic rings. The molecule has 1 N–H and O–H groups in total. The number of aromatic carboxylic acids is 1. The van der Waals surface area contributed by atoms with E-state index in [1.54, 1.807) is 48.5 Å². The van der Waals surface area contributed by atoms with E-state index in [0.717, 1.165) is 27.8 Å². The van der Waals surface area contributed by atoms with Crippen molar-refractivity contribution in [2.45, 2.75) is 0 Å². The standard InChI is InChI=1S/C27H18F2O2/c28-24-12-7-20(8-13-24)19-4-1-18(2-5-19)3-6-23-17-22(11-16-26(23)27(30)31)21-9-14-25(29)15-10-21/h1-17H,(H,30,31)/b6-3+. The first-order valence-corrected chi connectivity index (χ1v) is 9.67. The molecule has 0 aliphatic carbocycles. The summed E-state index contributed by atoms with van der Waals surface area (Å²) in [6, 6.07) is 25.1. The molecule has 2 nitrogen and oxygen atoms in total. The average molecular weight is 412 g/mol. The van der Waals surface area contributed by atoms with Crippen molar-refractivity contribution in [3.05, 3.63) is 119 Å². The molecule has 0 aromatic heterocycles. The molecule has 0 amide bonds. The summed E-state index contributed by atoms with van der Waals surface area (Å²) in [7, 11) is 0. The third kappa shape index (κ3) is 4.75. The molecule has 152 valence electrons. The van der Waals surface area contributed by atoms with Crippen molar-refractivity contribution in [2.75, 3.05) is 0 Å². The van der Waals surface area contributed by atoms with E-state index in [9.17, 15) is 18.7 Å². The van der Waals surface area contributed by atoms with Gasteiger partial charge in [-0.15, -0.1) is 0 Å². The molecule has 31 heavy (non-hydrogen) atoms. The minimum atomic E-state index is -1.02. The third-order valence-electron chi connectivity index (χ3n) is 5.00. The molecule has 0 saturated carbocycles. The summed E-state index contributed by atoms with van der Waals surface area (Å²) < 4.78 is 26.3. The number of hydrogen-bond donors (Lipinski definition) is 1. The maximum atomic E-state index is 13.2. The van der Waals surface area contributed by atoms with Crippen LogP contribution in [0.5, 0.6) is 0 Å². The number of carbonyl (C=O) groups is 1. The van der Waals surface area contributed by atoms with Gasteiger partial charge in [-0.1, -0.05) is 66.7 Å². The van der Waals surface area contributed by atoms with Crippen molar-refractivity contribution >= 4 is 18.1 Å². The SMILES string of the molecule is O=C(O)c1ccc(-c2ccc(F)cc2)cc1/C=C/c1ccc(-c2ccc(F)cc2)cc1. The van der Waals surface area contributed by atoms with Gasteiger partial charge in [-0.25, -0.2) is 13.6 Å². The van der Waals surface area contributed by atoms with E-state index in [1.165, 1.54) is 24.3 Å². The zero-order chi connectivity index (χ0) is 21.8. The van der Waals surface area contributed by atoms with Gasteiger partial charge < -0.3 is 5.11 Å². The fourth-order valence-electron chi connectivity index (χ4n) is 3.33. The van der Waals surface area contributed by atoms with Gasteiger partial charge >= 0.3 is 5.97 Å². The van der Waals surface area contributed by atoms with Gasteiger partial charge in [0.15, 0.2) is 0 Å². The quantitative estimate of drug-likeness (QED) is 0.353. The Bertz CT molecular complexity index is 1240. The molecule has 0 radical (unpaired) electrons. The van der Waals surface area contributed by atoms with Crippen LogP contribution in [0.25, 0.3) is 34.4 Å². The first-order chi connectivity index (χ1) is 15.0. The van der Waals surface area contributed by atoms with E-state index in [4.69, 9.17) is 0 Å². The highest BCUT2D eigenvalue weighted by molar-refractivity contribution is 5.94. The van der Waals surface area contributed by atoms with E-state index >= 15 is 0 Å². The molecule has 0 aliphatic rings. The molecule has 0 heterocycles. The minimum absolute atomic E-state index is 0.185. The van der Waals surface area contributed by atoms with Crippen molar-refractivity contribution in [3.8, 4) is 22.3 Å². The van der Waals surface area contributed by atoms with Crippen molar-refractivity contribution < 1.29 is 18.7 Å². The molecule has 0 spiro atoms. The molecule has 0 saturated heterocycles. The van der Waals surface area contributed by atoms with Crippen LogP contribution in [0.1, 0.15) is 21.5 Å². The topological polar surface area (TPSA) is 37.3 Å². The molecule has 0 bridgehead atoms. The molecular weight excluding hydrogens is 394 g/mol. The molecule has 0 fully saturated rings. The normalized spacial score (nSPS) is 11.0. The van der Waals surface area contributed by atoms with Crippen molar-refractivity contribution in [1.82, 2.24) is 0 Å². The average Bonchev–Trinajstić information content (AvgIpc) is 2.79. The second-order valence-corrected chi connectivity index (χ2v) is 7.08. The number of halogens is 2. The zero-order valence-electron chi connectivity index (χ0n) is 16.4. The predicted molar refractivity (Wildman–Crippen MR) is 120 cm³/mol. The molecule has 0 unspecified atom stereocenters. The van der Waals surface area contributed by atoms with Crippen molar-refractivity contribution in [2.24, 2.45) is 0 Å². The zero-order valence-corrected chi connectivity index (χ0v) is 16.4. The summed E-state index contributed by atoms with van der Waals surface area (Å²) in [4.78, 5) is 11.6. The molecule has 4 heteroatoms. The Morgan fingerprint density at radius 1 is 0.613 bits per heavy atom. The Balaban J connectivity index is 1.62. The molecular formula is C27H18F2O2. The van der Waals surface area contributed by atoms with Gasteiger partial charge in [-0.3, -0.25) is 0 Å². The van der Waals surface area contributed by atoms with Crippen LogP contribution in [0.15, 0.2) is 91.0 Å². The maximum Gasteiger partial charge on any atom is 0.336 e. The van der Waals surface area contributed by atoms with Crippen LogP contribution in [0, 0.1) is 11.6 Å². The lowest BCUT2D eigenvalue weighted by Gasteiger charge is -2.07. The van der Waals surface area contributed by atoms with Crippen LogP contribution < -0.4 is 0 Å². The van der Waals surface area contributed by atoms with Crippen LogP contribution in [0.3, 0.4) is 0 Å². The predicted octanol–water partition coefficient (Wildman–Crippen LogP) is 7.17. The highest BCUT2D eigenvalue weighted by Gasteiger charge is 2.10. The van der Waals surface area contributed by atoms with Gasteiger partial charge in [-0.2, -0.15) is 0 Å². The Morgan fingerprint density at radius 3 is 1.58 bits per heavy atom. The first-order valence-electron chi connectivity index (χ1n) is 9.67. The lowest BCUT2D eigenvalue weighted by atomic mass is 9.98. The number of carboxylic acid groups (broad SMARTS) is 1. The smallest absolute Gasteiger partial charge is 0.336 e. The summed E-state index contributed by atoms with van der Waals surface area (Å²) in [6.45, 7) is 0. The van der Waals surface area contributed by atoms with Gasteiger partial charge in [0, 0.05) is 0 Å². The molecule has 4 aromatic carbocycles. The van der Waals surface area contributed by atoms with E-state index in [1.807, 2.05) is 30.3 Å². The second kappa shape index (κ2) is 8.76. The van der Waals surface area contributed by atoms with Crippen LogP contribution in [0.2, 0.25) is 0 Å². The lowest BCUT2D eigenvalue weighted by molar-refractivity contribution is 0.0696. The van der Waals surface area contributed by atoms with Gasteiger partial charge in [-0.05, 0) is 69.8 Å². The summed E-state index contributed by atoms with van der Waals surface area (Å²) in [5.41, 5.74) is 5.11. The van der Waals surface area contributed by atoms with Crippen LogP contribution in [-0.4, -0.2) is 11.1 Å². The fourth-order valence-corrected chi connectivity index (χ4v) is 3.33. The van der Waals surface area contributed by atoms with E-state index < -0.39 is 5.97 Å². The maximum absolute atomic E-state index is 13.2. The van der Waals surface area contributed by atoms with Crippen LogP contribution in [0.4, 0.5) is 8.78 Å². The Labute approximate surface area is 178 Å². The molecule has 0 aliphatic heterocycles. The summed E-state index contributed by atoms with van der Waals surface area (Å²) in [5.74, 6) is -1.62. The molecule has 0 atom stereocenters. The lowest BCUT2D eigenvalue weighted by Crippen LogP contribution is -1.99. The summed E-state index contributed by atoms with van der Waals surface area (Å²) >= 11 is 0. The number of rotatable bonds is 5. The van der Waals surface area contributed by atoms with Crippen molar-refractivity contribution in [1.29, 1.82) is 0 Å². The second-order valence-electron chi connectivity index (χ2n) is 7.08. The van der Waals surface area contributed by atoms with E-state index in [-0.39, 0.29) is 17.2 Å².